The van der Waals surface area contributed by atoms with Crippen LogP contribution in [0, 0.1) is 11.8 Å². The van der Waals surface area contributed by atoms with Crippen molar-refractivity contribution in [3.05, 3.63) is 51.4 Å². The van der Waals surface area contributed by atoms with Crippen molar-refractivity contribution in [2.24, 2.45) is 17.6 Å². The zero-order valence-electron chi connectivity index (χ0n) is 18.4. The number of amides is 4. The summed E-state index contributed by atoms with van der Waals surface area (Å²) < 4.78 is 0. The van der Waals surface area contributed by atoms with E-state index in [9.17, 15) is 19.2 Å². The first-order valence-electron chi connectivity index (χ1n) is 10.9. The summed E-state index contributed by atoms with van der Waals surface area (Å²) in [6, 6.07) is 5.60. The number of imide groups is 1. The first kappa shape index (κ1) is 22.2. The molecular weight excluding hydrogens is 426 g/mol. The molecule has 8 heteroatoms. The second-order valence-corrected chi connectivity index (χ2v) is 10.2. The Morgan fingerprint density at radius 1 is 1.19 bits per heavy atom. The number of carbonyl (C=O) groups is 4. The molecule has 2 aliphatic rings. The highest BCUT2D eigenvalue weighted by molar-refractivity contribution is 7.17. The summed E-state index contributed by atoms with van der Waals surface area (Å²) in [6.07, 6.45) is 2.85. The standard InChI is InChI=1S/C24H27N3O4S/c1-12(2)10-17(27-23(30)14-6-4-5-7-15(14)24(27)31)21(29)26-22-19(20(25)28)16-9-8-13(3)11-18(16)32-22/h4-7,12-13,17H,8-11H2,1-3H3,(H2,25,28)(H,26,29)/t13-,17-/m0/s1. The zero-order valence-corrected chi connectivity index (χ0v) is 19.3. The summed E-state index contributed by atoms with van der Waals surface area (Å²) >= 11 is 1.37. The van der Waals surface area contributed by atoms with E-state index < -0.39 is 29.7 Å². The van der Waals surface area contributed by atoms with Gasteiger partial charge in [-0.15, -0.1) is 11.3 Å². The minimum absolute atomic E-state index is 0.0584. The summed E-state index contributed by atoms with van der Waals surface area (Å²) in [6.45, 7) is 6.02. The van der Waals surface area contributed by atoms with E-state index in [0.29, 0.717) is 34.0 Å². The Morgan fingerprint density at radius 3 is 2.38 bits per heavy atom. The molecule has 1 aliphatic carbocycles. The lowest BCUT2D eigenvalue weighted by Gasteiger charge is -2.26. The van der Waals surface area contributed by atoms with Gasteiger partial charge in [0, 0.05) is 4.88 Å². The van der Waals surface area contributed by atoms with E-state index in [0.717, 1.165) is 34.6 Å². The molecule has 3 N–H and O–H groups in total. The van der Waals surface area contributed by atoms with Crippen molar-refractivity contribution in [3.8, 4) is 0 Å². The van der Waals surface area contributed by atoms with Crippen LogP contribution in [0.1, 0.15) is 75.1 Å². The zero-order chi connectivity index (χ0) is 23.2. The van der Waals surface area contributed by atoms with Crippen molar-refractivity contribution in [1.82, 2.24) is 4.90 Å². The van der Waals surface area contributed by atoms with Crippen LogP contribution in [0.2, 0.25) is 0 Å². The molecule has 0 bridgehead atoms. The molecule has 0 spiro atoms. The fourth-order valence-electron chi connectivity index (χ4n) is 4.56. The number of carbonyl (C=O) groups excluding carboxylic acids is 4. The molecule has 168 valence electrons. The third kappa shape index (κ3) is 3.83. The van der Waals surface area contributed by atoms with Crippen LogP contribution in [0.15, 0.2) is 24.3 Å². The van der Waals surface area contributed by atoms with E-state index in [2.05, 4.69) is 12.2 Å². The highest BCUT2D eigenvalue weighted by Gasteiger charge is 2.43. The maximum atomic E-state index is 13.4. The lowest BCUT2D eigenvalue weighted by molar-refractivity contribution is -0.120. The van der Waals surface area contributed by atoms with Gasteiger partial charge in [-0.25, -0.2) is 0 Å². The number of primary amides is 1. The van der Waals surface area contributed by atoms with E-state index in [-0.39, 0.29) is 5.92 Å². The largest absolute Gasteiger partial charge is 0.365 e. The molecule has 7 nitrogen and oxygen atoms in total. The third-order valence-electron chi connectivity index (χ3n) is 6.13. The number of nitrogens with two attached hydrogens (primary N) is 1. The Balaban J connectivity index is 1.67. The number of thiophene rings is 1. The number of nitrogens with one attached hydrogen (secondary N) is 1. The number of nitrogens with zero attached hydrogens (tertiary/aromatic N) is 1. The summed E-state index contributed by atoms with van der Waals surface area (Å²) in [4.78, 5) is 53.8. The van der Waals surface area contributed by atoms with Gasteiger partial charge in [0.25, 0.3) is 17.7 Å². The van der Waals surface area contributed by atoms with Gasteiger partial charge in [-0.1, -0.05) is 32.9 Å². The van der Waals surface area contributed by atoms with Gasteiger partial charge in [0.05, 0.1) is 16.7 Å². The SMILES string of the molecule is CC(C)C[C@@H](C(=O)Nc1sc2c(c1C(N)=O)CC[C@H](C)C2)N1C(=O)c2ccccc2C1=O. The second kappa shape index (κ2) is 8.50. The molecule has 1 aromatic heterocycles. The van der Waals surface area contributed by atoms with Gasteiger partial charge in [-0.3, -0.25) is 24.1 Å². The van der Waals surface area contributed by atoms with E-state index in [1.165, 1.54) is 11.3 Å². The lowest BCUT2D eigenvalue weighted by atomic mass is 9.88. The van der Waals surface area contributed by atoms with Gasteiger partial charge in [-0.05, 0) is 55.2 Å². The fourth-order valence-corrected chi connectivity index (χ4v) is 5.98. The van der Waals surface area contributed by atoms with Gasteiger partial charge in [-0.2, -0.15) is 0 Å². The molecule has 2 heterocycles. The van der Waals surface area contributed by atoms with Crippen LogP contribution in [0.4, 0.5) is 5.00 Å². The van der Waals surface area contributed by atoms with Gasteiger partial charge in [0.1, 0.15) is 11.0 Å². The quantitative estimate of drug-likeness (QED) is 0.651. The van der Waals surface area contributed by atoms with E-state index in [1.807, 2.05) is 13.8 Å². The van der Waals surface area contributed by atoms with Crippen LogP contribution >= 0.6 is 11.3 Å². The predicted octanol–water partition coefficient (Wildman–Crippen LogP) is 3.62. The molecule has 1 aliphatic heterocycles. The minimum Gasteiger partial charge on any atom is -0.365 e. The molecule has 0 fully saturated rings. The number of hydrogen-bond donors (Lipinski definition) is 2. The lowest BCUT2D eigenvalue weighted by Crippen LogP contribution is -2.48. The number of benzene rings is 1. The van der Waals surface area contributed by atoms with Crippen molar-refractivity contribution >= 4 is 40.0 Å². The molecule has 0 radical (unpaired) electrons. The molecule has 2 aromatic rings. The molecule has 1 aromatic carbocycles. The third-order valence-corrected chi connectivity index (χ3v) is 7.30. The van der Waals surface area contributed by atoms with Crippen LogP contribution in [-0.4, -0.2) is 34.6 Å². The van der Waals surface area contributed by atoms with Crippen LogP contribution in [0.25, 0.3) is 0 Å². The van der Waals surface area contributed by atoms with Crippen molar-refractivity contribution < 1.29 is 19.2 Å². The van der Waals surface area contributed by atoms with Crippen LogP contribution in [0.3, 0.4) is 0 Å². The molecule has 4 rings (SSSR count). The van der Waals surface area contributed by atoms with Gasteiger partial charge < -0.3 is 11.1 Å². The van der Waals surface area contributed by atoms with Gasteiger partial charge in [0.2, 0.25) is 5.91 Å². The summed E-state index contributed by atoms with van der Waals surface area (Å²) in [5, 5.41) is 3.26. The highest BCUT2D eigenvalue weighted by Crippen LogP contribution is 2.40. The fraction of sp³-hybridized carbons (Fsp3) is 0.417. The first-order chi connectivity index (χ1) is 15.2. The molecule has 0 saturated heterocycles. The van der Waals surface area contributed by atoms with Crippen molar-refractivity contribution in [3.63, 3.8) is 0 Å². The molecule has 0 saturated carbocycles. The van der Waals surface area contributed by atoms with Crippen LogP contribution in [-0.2, 0) is 17.6 Å². The number of anilines is 1. The average Bonchev–Trinajstić information content (AvgIpc) is 3.20. The Bertz CT molecular complexity index is 1090. The van der Waals surface area contributed by atoms with Gasteiger partial charge in [0.15, 0.2) is 0 Å². The summed E-state index contributed by atoms with van der Waals surface area (Å²) in [5.41, 5.74) is 7.55. The molecule has 4 amide bonds. The van der Waals surface area contributed by atoms with Crippen LogP contribution < -0.4 is 11.1 Å². The normalized spacial score (nSPS) is 18.5. The predicted molar refractivity (Wildman–Crippen MR) is 123 cm³/mol. The van der Waals surface area contributed by atoms with E-state index in [1.54, 1.807) is 24.3 Å². The average molecular weight is 454 g/mol. The summed E-state index contributed by atoms with van der Waals surface area (Å²) in [7, 11) is 0. The Kier molecular flexibility index (Phi) is 5.90. The maximum absolute atomic E-state index is 13.4. The maximum Gasteiger partial charge on any atom is 0.262 e. The smallest absolute Gasteiger partial charge is 0.262 e. The number of hydrogen-bond acceptors (Lipinski definition) is 5. The van der Waals surface area contributed by atoms with Crippen molar-refractivity contribution in [1.29, 1.82) is 0 Å². The second-order valence-electron chi connectivity index (χ2n) is 9.08. The highest BCUT2D eigenvalue weighted by atomic mass is 32.1. The van der Waals surface area contributed by atoms with Crippen molar-refractivity contribution in [2.75, 3.05) is 5.32 Å². The monoisotopic (exact) mass is 453 g/mol. The Hall–Kier alpha value is -3.00. The molecular formula is C24H27N3O4S. The summed E-state index contributed by atoms with van der Waals surface area (Å²) in [5.74, 6) is -1.45. The van der Waals surface area contributed by atoms with E-state index >= 15 is 0 Å². The topological polar surface area (TPSA) is 110 Å². The Labute approximate surface area is 191 Å². The van der Waals surface area contributed by atoms with Crippen LogP contribution in [0.5, 0.6) is 0 Å². The molecule has 0 unspecified atom stereocenters. The molecule has 2 atom stereocenters. The number of fused-ring (bicyclic) bond motifs is 2. The van der Waals surface area contributed by atoms with Crippen molar-refractivity contribution in [2.45, 2.75) is 52.5 Å². The molecule has 32 heavy (non-hydrogen) atoms. The first-order valence-corrected chi connectivity index (χ1v) is 11.7. The minimum atomic E-state index is -0.985. The van der Waals surface area contributed by atoms with E-state index in [4.69, 9.17) is 5.73 Å². The van der Waals surface area contributed by atoms with Gasteiger partial charge >= 0.3 is 0 Å². The number of rotatable bonds is 6. The Morgan fingerprint density at radius 2 is 1.81 bits per heavy atom.